The van der Waals surface area contributed by atoms with E-state index in [0.29, 0.717) is 36.2 Å². The number of hydrogen-bond acceptors (Lipinski definition) is 6. The molecule has 0 bridgehead atoms. The van der Waals surface area contributed by atoms with E-state index < -0.39 is 0 Å². The summed E-state index contributed by atoms with van der Waals surface area (Å²) >= 11 is 0. The average Bonchev–Trinajstić information content (AvgIpc) is 3.35. The highest BCUT2D eigenvalue weighted by atomic mass is 16.5. The van der Waals surface area contributed by atoms with Gasteiger partial charge < -0.3 is 19.3 Å². The van der Waals surface area contributed by atoms with Crippen molar-refractivity contribution in [1.29, 1.82) is 0 Å². The summed E-state index contributed by atoms with van der Waals surface area (Å²) in [5, 5.41) is 3.42. The molecule has 8 nitrogen and oxygen atoms in total. The summed E-state index contributed by atoms with van der Waals surface area (Å²) in [6, 6.07) is 15.9. The molecule has 1 amide bonds. The van der Waals surface area contributed by atoms with Crippen LogP contribution < -0.4 is 10.3 Å². The van der Waals surface area contributed by atoms with Crippen LogP contribution >= 0.6 is 0 Å². The Morgan fingerprint density at radius 2 is 1.85 bits per heavy atom. The zero-order valence-corrected chi connectivity index (χ0v) is 23.6. The van der Waals surface area contributed by atoms with Crippen molar-refractivity contribution >= 4 is 44.0 Å². The molecule has 0 saturated carbocycles. The molecule has 7 rings (SSSR count). The summed E-state index contributed by atoms with van der Waals surface area (Å²) in [6.07, 6.45) is 7.93. The van der Waals surface area contributed by atoms with E-state index in [0.717, 1.165) is 45.7 Å². The predicted octanol–water partition coefficient (Wildman–Crippen LogP) is 4.71. The monoisotopic (exact) mass is 552 g/mol. The van der Waals surface area contributed by atoms with Gasteiger partial charge in [0.15, 0.2) is 6.61 Å². The Hall–Kier alpha value is -3.75. The summed E-state index contributed by atoms with van der Waals surface area (Å²) in [5.74, 6) is 1.02. The predicted molar refractivity (Wildman–Crippen MR) is 161 cm³/mol. The topological polar surface area (TPSA) is 76.4 Å². The molecule has 0 spiro atoms. The molecule has 0 aliphatic carbocycles. The quantitative estimate of drug-likeness (QED) is 0.260. The molecule has 2 fully saturated rings. The van der Waals surface area contributed by atoms with Gasteiger partial charge in [0.2, 0.25) is 0 Å². The lowest BCUT2D eigenvalue weighted by Gasteiger charge is -2.45. The molecular weight excluding hydrogens is 516 g/mol. The van der Waals surface area contributed by atoms with Crippen LogP contribution in [0.2, 0.25) is 0 Å². The van der Waals surface area contributed by atoms with E-state index in [4.69, 9.17) is 9.47 Å². The smallest absolute Gasteiger partial charge is 0.263 e. The number of pyridine rings is 2. The first-order valence-corrected chi connectivity index (χ1v) is 14.8. The SMILES string of the molecule is COCCN(CC1CCCN2CCCCC12)C(=O)COc1ccc2c3ccnc4c5ccccc5c(=O)n(c2c1)c34. The normalized spacial score (nSPS) is 19.7. The van der Waals surface area contributed by atoms with Gasteiger partial charge in [-0.3, -0.25) is 19.0 Å². The largest absolute Gasteiger partial charge is 0.484 e. The number of rotatable bonds is 8. The molecule has 2 aliphatic rings. The maximum Gasteiger partial charge on any atom is 0.263 e. The molecule has 0 N–H and O–H groups in total. The molecular formula is C33H36N4O4. The van der Waals surface area contributed by atoms with Crippen molar-refractivity contribution in [2.24, 2.45) is 5.92 Å². The molecule has 2 unspecified atom stereocenters. The molecule has 41 heavy (non-hydrogen) atoms. The number of methoxy groups -OCH3 is 1. The minimum Gasteiger partial charge on any atom is -0.484 e. The summed E-state index contributed by atoms with van der Waals surface area (Å²) in [4.78, 5) is 36.3. The Balaban J connectivity index is 1.16. The first-order valence-electron chi connectivity index (χ1n) is 14.8. The second-order valence-electron chi connectivity index (χ2n) is 11.5. The highest BCUT2D eigenvalue weighted by Gasteiger charge is 2.34. The maximum absolute atomic E-state index is 13.6. The van der Waals surface area contributed by atoms with E-state index in [1.165, 1.54) is 38.8 Å². The first-order chi connectivity index (χ1) is 20.1. The van der Waals surface area contributed by atoms with Gasteiger partial charge in [0.25, 0.3) is 11.5 Å². The van der Waals surface area contributed by atoms with E-state index in [1.807, 2.05) is 53.4 Å². The molecule has 5 heterocycles. The van der Waals surface area contributed by atoms with Gasteiger partial charge >= 0.3 is 0 Å². The fourth-order valence-electron chi connectivity index (χ4n) is 7.27. The average molecular weight is 553 g/mol. The number of nitrogens with zero attached hydrogens (tertiary/aromatic N) is 4. The van der Waals surface area contributed by atoms with Gasteiger partial charge in [-0.25, -0.2) is 0 Å². The zero-order chi connectivity index (χ0) is 27.9. The zero-order valence-electron chi connectivity index (χ0n) is 23.6. The second-order valence-corrected chi connectivity index (χ2v) is 11.5. The summed E-state index contributed by atoms with van der Waals surface area (Å²) < 4.78 is 13.2. The molecule has 3 aromatic heterocycles. The van der Waals surface area contributed by atoms with E-state index in [-0.39, 0.29) is 18.1 Å². The van der Waals surface area contributed by atoms with Crippen LogP contribution in [0.1, 0.15) is 32.1 Å². The van der Waals surface area contributed by atoms with Crippen LogP contribution in [0.3, 0.4) is 0 Å². The molecule has 212 valence electrons. The third-order valence-electron chi connectivity index (χ3n) is 9.23. The number of aromatic nitrogens is 2. The van der Waals surface area contributed by atoms with Crippen molar-refractivity contribution in [2.45, 2.75) is 38.1 Å². The number of carbonyl (C=O) groups excluding carboxylic acids is 1. The van der Waals surface area contributed by atoms with Crippen LogP contribution in [-0.2, 0) is 9.53 Å². The Morgan fingerprint density at radius 1 is 1.00 bits per heavy atom. The van der Waals surface area contributed by atoms with Gasteiger partial charge in [-0.15, -0.1) is 0 Å². The fraction of sp³-hybridized carbons (Fsp3) is 0.424. The van der Waals surface area contributed by atoms with Crippen LogP contribution in [0.25, 0.3) is 38.1 Å². The molecule has 2 saturated heterocycles. The standard InChI is InChI=1S/C33H36N4O4/c1-40-18-17-36(20-22-7-6-16-35-15-5-4-10-28(22)35)30(38)21-41-23-11-12-24-26-13-14-34-31-25-8-2-3-9-27(25)33(39)37(32(26)31)29(24)19-23/h2-3,8-9,11-14,19,22,28H,4-7,10,15-18,20-21H2,1H3. The van der Waals surface area contributed by atoms with Crippen molar-refractivity contribution in [3.63, 3.8) is 0 Å². The minimum atomic E-state index is -0.0793. The fourth-order valence-corrected chi connectivity index (χ4v) is 7.27. The lowest BCUT2D eigenvalue weighted by Crippen LogP contribution is -2.52. The number of amides is 1. The number of ether oxygens (including phenoxy) is 2. The van der Waals surface area contributed by atoms with Crippen LogP contribution in [0.5, 0.6) is 5.75 Å². The third-order valence-corrected chi connectivity index (χ3v) is 9.23. The van der Waals surface area contributed by atoms with Crippen LogP contribution in [-0.4, -0.2) is 77.6 Å². The number of piperidine rings is 2. The number of benzene rings is 2. The van der Waals surface area contributed by atoms with Crippen molar-refractivity contribution < 1.29 is 14.3 Å². The summed E-state index contributed by atoms with van der Waals surface area (Å²) in [5.41, 5.74) is 2.30. The second kappa shape index (κ2) is 10.9. The van der Waals surface area contributed by atoms with Gasteiger partial charge in [-0.1, -0.05) is 24.6 Å². The van der Waals surface area contributed by atoms with Crippen molar-refractivity contribution in [2.75, 3.05) is 46.5 Å². The lowest BCUT2D eigenvalue weighted by molar-refractivity contribution is -0.135. The van der Waals surface area contributed by atoms with Crippen LogP contribution in [0.4, 0.5) is 0 Å². The summed E-state index contributed by atoms with van der Waals surface area (Å²) in [7, 11) is 1.67. The molecule has 2 aromatic carbocycles. The van der Waals surface area contributed by atoms with Gasteiger partial charge in [-0.05, 0) is 69.0 Å². The van der Waals surface area contributed by atoms with Crippen molar-refractivity contribution in [3.8, 4) is 5.75 Å². The van der Waals surface area contributed by atoms with Crippen LogP contribution in [0.15, 0.2) is 59.5 Å². The lowest BCUT2D eigenvalue weighted by atomic mass is 9.83. The van der Waals surface area contributed by atoms with Gasteiger partial charge in [0.1, 0.15) is 5.75 Å². The molecule has 0 radical (unpaired) electrons. The number of hydrogen-bond donors (Lipinski definition) is 0. The Bertz CT molecular complexity index is 1780. The van der Waals surface area contributed by atoms with Crippen molar-refractivity contribution in [1.82, 2.24) is 19.2 Å². The van der Waals surface area contributed by atoms with Crippen LogP contribution in [0, 0.1) is 5.92 Å². The minimum absolute atomic E-state index is 0.0340. The highest BCUT2D eigenvalue weighted by molar-refractivity contribution is 6.18. The highest BCUT2D eigenvalue weighted by Crippen LogP contribution is 2.35. The van der Waals surface area contributed by atoms with Gasteiger partial charge in [-0.2, -0.15) is 0 Å². The van der Waals surface area contributed by atoms with Crippen molar-refractivity contribution in [3.05, 3.63) is 65.1 Å². The maximum atomic E-state index is 13.6. The Kier molecular flexibility index (Phi) is 6.96. The van der Waals surface area contributed by atoms with Gasteiger partial charge in [0.05, 0.1) is 23.2 Å². The number of carbonyl (C=O) groups is 1. The Labute approximate surface area is 238 Å². The molecule has 2 aliphatic heterocycles. The number of fused-ring (bicyclic) bond motifs is 6. The van der Waals surface area contributed by atoms with E-state index in [2.05, 4.69) is 9.88 Å². The summed E-state index contributed by atoms with van der Waals surface area (Å²) in [6.45, 7) is 4.10. The van der Waals surface area contributed by atoms with E-state index >= 15 is 0 Å². The molecule has 5 aromatic rings. The molecule has 8 heteroatoms. The third kappa shape index (κ3) is 4.59. The van der Waals surface area contributed by atoms with E-state index in [9.17, 15) is 9.59 Å². The van der Waals surface area contributed by atoms with Gasteiger partial charge in [0, 0.05) is 60.0 Å². The molecule has 2 atom stereocenters. The first kappa shape index (κ1) is 26.2. The van der Waals surface area contributed by atoms with E-state index in [1.54, 1.807) is 17.7 Å². The Morgan fingerprint density at radius 3 is 2.73 bits per heavy atom.